The van der Waals surface area contributed by atoms with Gasteiger partial charge in [-0.3, -0.25) is 0 Å². The zero-order valence-corrected chi connectivity index (χ0v) is 23.3. The fourth-order valence-corrected chi connectivity index (χ4v) is 6.76. The summed E-state index contributed by atoms with van der Waals surface area (Å²) in [5, 5.41) is 0. The van der Waals surface area contributed by atoms with E-state index in [1.165, 1.54) is 31.4 Å². The van der Waals surface area contributed by atoms with Crippen LogP contribution in [0.25, 0.3) is 11.1 Å². The highest BCUT2D eigenvalue weighted by molar-refractivity contribution is 5.66. The van der Waals surface area contributed by atoms with Gasteiger partial charge in [-0.2, -0.15) is 0 Å². The van der Waals surface area contributed by atoms with Crippen LogP contribution in [0.5, 0.6) is 5.75 Å². The van der Waals surface area contributed by atoms with Gasteiger partial charge in [0.05, 0.1) is 0 Å². The lowest BCUT2D eigenvalue weighted by atomic mass is 9.72. The summed E-state index contributed by atoms with van der Waals surface area (Å²) in [7, 11) is 0. The standard InChI is InChI=1S/C32H38F8O/c1-2-3-4-5-20-8-13-25(14-9-20)31(36,37)19-21-6-10-22(11-7-21)23-12-15-26(27(33)16-23)24-17-28(34)30(29(35)18-24)41-32(38,39)40/h12,15-18,20-22,25H,2-11,13-14,19H2,1H3. The molecule has 0 saturated heterocycles. The van der Waals surface area contributed by atoms with E-state index in [2.05, 4.69) is 11.7 Å². The van der Waals surface area contributed by atoms with Crippen LogP contribution in [0.15, 0.2) is 30.3 Å². The molecule has 4 rings (SSSR count). The van der Waals surface area contributed by atoms with Crippen LogP contribution in [0.4, 0.5) is 35.1 Å². The van der Waals surface area contributed by atoms with Crippen LogP contribution in [0.1, 0.15) is 102 Å². The van der Waals surface area contributed by atoms with Crippen molar-refractivity contribution in [3.63, 3.8) is 0 Å². The minimum absolute atomic E-state index is 0.0296. The van der Waals surface area contributed by atoms with E-state index in [0.29, 0.717) is 62.1 Å². The lowest BCUT2D eigenvalue weighted by Crippen LogP contribution is -2.34. The average molecular weight is 591 g/mol. The van der Waals surface area contributed by atoms with Crippen LogP contribution in [-0.4, -0.2) is 12.3 Å². The third-order valence-electron chi connectivity index (χ3n) is 9.06. The van der Waals surface area contributed by atoms with Crippen molar-refractivity contribution in [3.05, 3.63) is 53.3 Å². The number of halogens is 8. The van der Waals surface area contributed by atoms with Crippen molar-refractivity contribution in [1.82, 2.24) is 0 Å². The molecule has 0 unspecified atom stereocenters. The number of ether oxygens (including phenoxy) is 1. The summed E-state index contributed by atoms with van der Waals surface area (Å²) in [5.74, 6) is -8.34. The fourth-order valence-electron chi connectivity index (χ4n) is 6.76. The van der Waals surface area contributed by atoms with Crippen LogP contribution in [0, 0.1) is 35.2 Å². The Morgan fingerprint density at radius 2 is 1.34 bits per heavy atom. The molecule has 2 aromatic rings. The summed E-state index contributed by atoms with van der Waals surface area (Å²) < 4.78 is 114. The molecule has 2 fully saturated rings. The van der Waals surface area contributed by atoms with Crippen molar-refractivity contribution in [1.29, 1.82) is 0 Å². The molecule has 228 valence electrons. The summed E-state index contributed by atoms with van der Waals surface area (Å²) in [6.45, 7) is 2.16. The number of hydrogen-bond donors (Lipinski definition) is 0. The highest BCUT2D eigenvalue weighted by atomic mass is 19.4. The maximum Gasteiger partial charge on any atom is 0.573 e. The van der Waals surface area contributed by atoms with Gasteiger partial charge in [0.15, 0.2) is 11.6 Å². The molecular formula is C32H38F8O. The molecule has 0 amide bonds. The van der Waals surface area contributed by atoms with Gasteiger partial charge >= 0.3 is 6.36 Å². The van der Waals surface area contributed by atoms with E-state index >= 15 is 8.78 Å². The Morgan fingerprint density at radius 1 is 0.732 bits per heavy atom. The van der Waals surface area contributed by atoms with Crippen LogP contribution in [0.2, 0.25) is 0 Å². The van der Waals surface area contributed by atoms with Gasteiger partial charge in [-0.15, -0.1) is 13.2 Å². The minimum atomic E-state index is -5.28. The van der Waals surface area contributed by atoms with E-state index < -0.39 is 41.4 Å². The summed E-state index contributed by atoms with van der Waals surface area (Å²) >= 11 is 0. The Labute approximate surface area is 236 Å². The SMILES string of the molecule is CCCCCC1CCC(C(F)(F)CC2CCC(c3ccc(-c4cc(F)c(OC(F)(F)F)c(F)c4)c(F)c3)CC2)CC1. The molecule has 0 aromatic heterocycles. The number of hydrogen-bond acceptors (Lipinski definition) is 1. The zero-order valence-electron chi connectivity index (χ0n) is 23.3. The first-order valence-corrected chi connectivity index (χ1v) is 14.8. The largest absolute Gasteiger partial charge is 0.573 e. The van der Waals surface area contributed by atoms with Gasteiger partial charge in [-0.05, 0) is 98.4 Å². The van der Waals surface area contributed by atoms with E-state index in [9.17, 15) is 26.3 Å². The second kappa shape index (κ2) is 13.3. The first-order chi connectivity index (χ1) is 19.4. The molecule has 2 saturated carbocycles. The summed E-state index contributed by atoms with van der Waals surface area (Å²) in [4.78, 5) is 0. The van der Waals surface area contributed by atoms with Crippen molar-refractivity contribution in [2.75, 3.05) is 0 Å². The lowest BCUT2D eigenvalue weighted by molar-refractivity contribution is -0.276. The van der Waals surface area contributed by atoms with Gasteiger partial charge in [-0.25, -0.2) is 22.0 Å². The Bertz CT molecular complexity index is 1120. The van der Waals surface area contributed by atoms with Gasteiger partial charge in [0.2, 0.25) is 5.75 Å². The Kier molecular flexibility index (Phi) is 10.3. The van der Waals surface area contributed by atoms with Crippen LogP contribution >= 0.6 is 0 Å². The van der Waals surface area contributed by atoms with E-state index in [4.69, 9.17) is 0 Å². The fraction of sp³-hybridized carbons (Fsp3) is 0.625. The van der Waals surface area contributed by atoms with E-state index in [-0.39, 0.29) is 29.4 Å². The Hall–Kier alpha value is -2.32. The molecule has 1 nitrogen and oxygen atoms in total. The quantitative estimate of drug-likeness (QED) is 0.198. The van der Waals surface area contributed by atoms with Crippen LogP contribution in [0.3, 0.4) is 0 Å². The normalized spacial score (nSPS) is 23.9. The van der Waals surface area contributed by atoms with Crippen molar-refractivity contribution in [2.24, 2.45) is 17.8 Å². The highest BCUT2D eigenvalue weighted by Crippen LogP contribution is 2.47. The smallest absolute Gasteiger partial charge is 0.399 e. The van der Waals surface area contributed by atoms with Crippen LogP contribution < -0.4 is 4.74 Å². The van der Waals surface area contributed by atoms with Crippen molar-refractivity contribution in [2.45, 2.75) is 109 Å². The Morgan fingerprint density at radius 3 is 1.90 bits per heavy atom. The molecule has 41 heavy (non-hydrogen) atoms. The van der Waals surface area contributed by atoms with Crippen molar-refractivity contribution >= 4 is 0 Å². The summed E-state index contributed by atoms with van der Waals surface area (Å²) in [5.41, 5.74) is 0.230. The second-order valence-electron chi connectivity index (χ2n) is 12.0. The molecule has 0 spiro atoms. The topological polar surface area (TPSA) is 9.23 Å². The van der Waals surface area contributed by atoms with Crippen molar-refractivity contribution in [3.8, 4) is 16.9 Å². The molecule has 2 aliphatic rings. The summed E-state index contributed by atoms with van der Waals surface area (Å²) in [6, 6.07) is 5.39. The van der Waals surface area contributed by atoms with E-state index in [0.717, 1.165) is 19.3 Å². The maximum absolute atomic E-state index is 15.2. The van der Waals surface area contributed by atoms with Gasteiger partial charge in [0.25, 0.3) is 5.92 Å². The number of benzene rings is 2. The van der Waals surface area contributed by atoms with Gasteiger partial charge in [0, 0.05) is 17.9 Å². The zero-order chi connectivity index (χ0) is 29.8. The molecule has 0 heterocycles. The predicted molar refractivity (Wildman–Crippen MR) is 142 cm³/mol. The number of alkyl halides is 5. The van der Waals surface area contributed by atoms with Gasteiger partial charge < -0.3 is 4.74 Å². The molecule has 9 heteroatoms. The van der Waals surface area contributed by atoms with Gasteiger partial charge in [0.1, 0.15) is 5.82 Å². The van der Waals surface area contributed by atoms with E-state index in [1.54, 1.807) is 6.07 Å². The number of unbranched alkanes of at least 4 members (excludes halogenated alkanes) is 2. The van der Waals surface area contributed by atoms with E-state index in [1.807, 2.05) is 0 Å². The minimum Gasteiger partial charge on any atom is -0.399 e. The predicted octanol–water partition coefficient (Wildman–Crippen LogP) is 11.4. The first-order valence-electron chi connectivity index (χ1n) is 14.8. The molecule has 0 bridgehead atoms. The average Bonchev–Trinajstić information content (AvgIpc) is 2.91. The maximum atomic E-state index is 15.2. The molecule has 2 aliphatic carbocycles. The summed E-state index contributed by atoms with van der Waals surface area (Å²) in [6.07, 6.45) is 4.79. The van der Waals surface area contributed by atoms with Gasteiger partial charge in [-0.1, -0.05) is 44.7 Å². The first kappa shape index (κ1) is 31.6. The van der Waals surface area contributed by atoms with Crippen LogP contribution in [-0.2, 0) is 0 Å². The molecule has 0 radical (unpaired) electrons. The molecular weight excluding hydrogens is 552 g/mol. The molecule has 0 atom stereocenters. The third kappa shape index (κ3) is 8.38. The third-order valence-corrected chi connectivity index (χ3v) is 9.06. The Balaban J connectivity index is 1.31. The molecule has 0 aliphatic heterocycles. The molecule has 2 aromatic carbocycles. The highest BCUT2D eigenvalue weighted by Gasteiger charge is 2.43. The van der Waals surface area contributed by atoms with Crippen molar-refractivity contribution < 1.29 is 39.9 Å². The monoisotopic (exact) mass is 590 g/mol. The second-order valence-corrected chi connectivity index (χ2v) is 12.0. The number of rotatable bonds is 10. The lowest BCUT2D eigenvalue weighted by Gasteiger charge is -2.37. The molecule has 0 N–H and O–H groups in total.